The fourth-order valence-corrected chi connectivity index (χ4v) is 2.08. The molecule has 0 aromatic heterocycles. The number of hydrogen-bond donors (Lipinski definition) is 1. The first kappa shape index (κ1) is 13.5. The molecule has 0 bridgehead atoms. The molecule has 2 rings (SSSR count). The van der Waals surface area contributed by atoms with E-state index in [1.807, 2.05) is 30.3 Å². The molecule has 1 N–H and O–H groups in total. The van der Waals surface area contributed by atoms with Crippen LogP contribution < -0.4 is 0 Å². The first-order valence-corrected chi connectivity index (χ1v) is 6.28. The lowest BCUT2D eigenvalue weighted by Gasteiger charge is -2.22. The van der Waals surface area contributed by atoms with E-state index in [9.17, 15) is 9.59 Å². The zero-order valence-electron chi connectivity index (χ0n) is 10.8. The highest BCUT2D eigenvalue weighted by Crippen LogP contribution is 2.19. The predicted molar refractivity (Wildman–Crippen MR) is 68.4 cm³/mol. The van der Waals surface area contributed by atoms with Gasteiger partial charge in [0.05, 0.1) is 18.6 Å². The number of amides is 2. The Bertz CT molecular complexity index is 460. The molecule has 1 fully saturated rings. The number of cyclic esters (lactones) is 1. The van der Waals surface area contributed by atoms with Gasteiger partial charge in [-0.3, -0.25) is 4.79 Å². The zero-order chi connectivity index (χ0) is 13.8. The third-order valence-electron chi connectivity index (χ3n) is 3.21. The average molecular weight is 263 g/mol. The minimum Gasteiger partial charge on any atom is -0.447 e. The maximum absolute atomic E-state index is 12.1. The largest absolute Gasteiger partial charge is 0.447 e. The Kier molecular flexibility index (Phi) is 4.16. The molecule has 1 aromatic rings. The summed E-state index contributed by atoms with van der Waals surface area (Å²) in [5.41, 5.74) is 1.04. The summed E-state index contributed by atoms with van der Waals surface area (Å²) in [6.07, 6.45) is -0.0533. The van der Waals surface area contributed by atoms with Crippen molar-refractivity contribution in [1.82, 2.24) is 4.90 Å². The van der Waals surface area contributed by atoms with Gasteiger partial charge in [-0.25, -0.2) is 9.69 Å². The predicted octanol–water partition coefficient (Wildman–Crippen LogP) is 1.20. The normalized spacial score (nSPS) is 20.2. The van der Waals surface area contributed by atoms with Gasteiger partial charge in [0.15, 0.2) is 0 Å². The van der Waals surface area contributed by atoms with Crippen LogP contribution in [0, 0.1) is 5.92 Å². The van der Waals surface area contributed by atoms with Crippen molar-refractivity contribution in [3.8, 4) is 0 Å². The molecule has 0 spiro atoms. The van der Waals surface area contributed by atoms with E-state index in [2.05, 4.69) is 0 Å². The Morgan fingerprint density at radius 2 is 2.16 bits per heavy atom. The van der Waals surface area contributed by atoms with Crippen LogP contribution in [0.2, 0.25) is 0 Å². The molecule has 0 unspecified atom stereocenters. The van der Waals surface area contributed by atoms with Crippen LogP contribution in [0.25, 0.3) is 0 Å². The van der Waals surface area contributed by atoms with Crippen LogP contribution in [-0.4, -0.2) is 41.3 Å². The number of nitrogens with zero attached hydrogens (tertiary/aromatic N) is 1. The summed E-state index contributed by atoms with van der Waals surface area (Å²) in [7, 11) is 0. The van der Waals surface area contributed by atoms with Crippen molar-refractivity contribution in [1.29, 1.82) is 0 Å². The molecular formula is C14H17NO4. The van der Waals surface area contributed by atoms with Crippen molar-refractivity contribution in [3.05, 3.63) is 35.9 Å². The monoisotopic (exact) mass is 263 g/mol. The van der Waals surface area contributed by atoms with E-state index in [-0.39, 0.29) is 25.2 Å². The van der Waals surface area contributed by atoms with Crippen molar-refractivity contribution in [3.63, 3.8) is 0 Å². The number of rotatable bonds is 4. The first-order chi connectivity index (χ1) is 9.13. The molecule has 5 heteroatoms. The number of imide groups is 1. The van der Waals surface area contributed by atoms with Crippen molar-refractivity contribution in [2.45, 2.75) is 19.4 Å². The van der Waals surface area contributed by atoms with E-state index in [0.717, 1.165) is 10.5 Å². The summed E-state index contributed by atoms with van der Waals surface area (Å²) >= 11 is 0. The molecular weight excluding hydrogens is 246 g/mol. The van der Waals surface area contributed by atoms with E-state index < -0.39 is 12.0 Å². The van der Waals surface area contributed by atoms with E-state index in [0.29, 0.717) is 6.42 Å². The van der Waals surface area contributed by atoms with Crippen LogP contribution in [0.3, 0.4) is 0 Å². The maximum Gasteiger partial charge on any atom is 0.416 e. The number of aliphatic hydroxyl groups is 1. The molecule has 1 heterocycles. The molecule has 102 valence electrons. The Hall–Kier alpha value is -1.88. The average Bonchev–Trinajstić information content (AvgIpc) is 2.79. The summed E-state index contributed by atoms with van der Waals surface area (Å²) in [5, 5.41) is 9.03. The molecule has 5 nitrogen and oxygen atoms in total. The van der Waals surface area contributed by atoms with Crippen molar-refractivity contribution < 1.29 is 19.4 Å². The molecule has 1 aliphatic rings. The van der Waals surface area contributed by atoms with Crippen LogP contribution in [0.5, 0.6) is 0 Å². The third kappa shape index (κ3) is 2.93. The third-order valence-corrected chi connectivity index (χ3v) is 3.21. The topological polar surface area (TPSA) is 66.8 Å². The first-order valence-electron chi connectivity index (χ1n) is 6.28. The molecule has 0 aliphatic carbocycles. The van der Waals surface area contributed by atoms with E-state index in [1.54, 1.807) is 6.92 Å². The highest BCUT2D eigenvalue weighted by molar-refractivity contribution is 5.94. The number of ether oxygens (including phenoxy) is 1. The number of carbonyl (C=O) groups is 2. The van der Waals surface area contributed by atoms with Crippen molar-refractivity contribution in [2.75, 3.05) is 13.2 Å². The Balaban J connectivity index is 2.11. The second-order valence-corrected chi connectivity index (χ2v) is 4.71. The van der Waals surface area contributed by atoms with Gasteiger partial charge in [-0.05, 0) is 12.0 Å². The molecule has 1 saturated heterocycles. The van der Waals surface area contributed by atoms with E-state index in [4.69, 9.17) is 9.84 Å². The van der Waals surface area contributed by atoms with Crippen LogP contribution >= 0.6 is 0 Å². The Labute approximate surface area is 111 Å². The van der Waals surface area contributed by atoms with Crippen LogP contribution in [0.1, 0.15) is 12.5 Å². The second kappa shape index (κ2) is 5.84. The standard InChI is InChI=1S/C14H17NO4/c1-10(8-16)13(17)15-12(9-19-14(15)18)7-11-5-3-2-4-6-11/h2-6,10,12,16H,7-9H2,1H3/t10-,12-/m1/s1. The maximum atomic E-state index is 12.1. The fraction of sp³-hybridized carbons (Fsp3) is 0.429. The van der Waals surface area contributed by atoms with Gasteiger partial charge in [-0.15, -0.1) is 0 Å². The quantitative estimate of drug-likeness (QED) is 0.886. The van der Waals surface area contributed by atoms with E-state index in [1.165, 1.54) is 0 Å². The molecule has 0 saturated carbocycles. The number of hydrogen-bond acceptors (Lipinski definition) is 4. The van der Waals surface area contributed by atoms with Gasteiger partial charge in [0, 0.05) is 0 Å². The lowest BCUT2D eigenvalue weighted by Crippen LogP contribution is -2.43. The molecule has 19 heavy (non-hydrogen) atoms. The molecule has 1 aliphatic heterocycles. The van der Waals surface area contributed by atoms with Crippen molar-refractivity contribution >= 4 is 12.0 Å². The summed E-state index contributed by atoms with van der Waals surface area (Å²) < 4.78 is 4.95. The van der Waals surface area contributed by atoms with Crippen LogP contribution in [0.15, 0.2) is 30.3 Å². The smallest absolute Gasteiger partial charge is 0.416 e. The van der Waals surface area contributed by atoms with Crippen LogP contribution in [0.4, 0.5) is 4.79 Å². The van der Waals surface area contributed by atoms with Crippen molar-refractivity contribution in [2.24, 2.45) is 5.92 Å². The minimum absolute atomic E-state index is 0.206. The molecule has 2 atom stereocenters. The molecule has 1 aromatic carbocycles. The number of carbonyl (C=O) groups excluding carboxylic acids is 2. The van der Waals surface area contributed by atoms with Gasteiger partial charge in [-0.2, -0.15) is 0 Å². The lowest BCUT2D eigenvalue weighted by atomic mass is 10.0. The van der Waals surface area contributed by atoms with Gasteiger partial charge < -0.3 is 9.84 Å². The summed E-state index contributed by atoms with van der Waals surface area (Å²) in [6, 6.07) is 9.33. The van der Waals surface area contributed by atoms with Gasteiger partial charge >= 0.3 is 6.09 Å². The molecule has 0 radical (unpaired) electrons. The summed E-state index contributed by atoms with van der Waals surface area (Å²) in [5.74, 6) is -0.977. The van der Waals surface area contributed by atoms with Gasteiger partial charge in [0.2, 0.25) is 5.91 Å². The van der Waals surface area contributed by atoms with Gasteiger partial charge in [0.25, 0.3) is 0 Å². The minimum atomic E-state index is -0.619. The van der Waals surface area contributed by atoms with Gasteiger partial charge in [-0.1, -0.05) is 37.3 Å². The summed E-state index contributed by atoms with van der Waals surface area (Å²) in [4.78, 5) is 24.8. The molecule has 2 amide bonds. The Morgan fingerprint density at radius 3 is 2.79 bits per heavy atom. The SMILES string of the molecule is C[C@H](CO)C(=O)N1C(=O)OC[C@H]1Cc1ccccc1. The number of aliphatic hydroxyl groups excluding tert-OH is 1. The van der Waals surface area contributed by atoms with Crippen LogP contribution in [-0.2, 0) is 16.0 Å². The Morgan fingerprint density at radius 1 is 1.47 bits per heavy atom. The summed E-state index contributed by atoms with van der Waals surface area (Å²) in [6.45, 7) is 1.52. The lowest BCUT2D eigenvalue weighted by molar-refractivity contribution is -0.134. The highest BCUT2D eigenvalue weighted by atomic mass is 16.6. The fourth-order valence-electron chi connectivity index (χ4n) is 2.08. The highest BCUT2D eigenvalue weighted by Gasteiger charge is 2.39. The van der Waals surface area contributed by atoms with E-state index >= 15 is 0 Å². The zero-order valence-corrected chi connectivity index (χ0v) is 10.8. The van der Waals surface area contributed by atoms with Gasteiger partial charge in [0.1, 0.15) is 6.61 Å². The second-order valence-electron chi connectivity index (χ2n) is 4.71. The number of benzene rings is 1.